The van der Waals surface area contributed by atoms with E-state index in [1.807, 2.05) is 48.5 Å². The summed E-state index contributed by atoms with van der Waals surface area (Å²) < 4.78 is 0. The summed E-state index contributed by atoms with van der Waals surface area (Å²) in [5.74, 6) is -0.196. The van der Waals surface area contributed by atoms with Crippen molar-refractivity contribution in [3.05, 3.63) is 71.4 Å². The maximum absolute atomic E-state index is 12.7. The van der Waals surface area contributed by atoms with Gasteiger partial charge in [-0.25, -0.2) is 0 Å². The van der Waals surface area contributed by atoms with Crippen molar-refractivity contribution >= 4 is 45.9 Å². The van der Waals surface area contributed by atoms with Crippen molar-refractivity contribution in [2.75, 3.05) is 42.9 Å². The molecular formula is C24H25ClN4O. The Morgan fingerprint density at radius 1 is 1.13 bits per heavy atom. The highest BCUT2D eigenvalue weighted by Gasteiger charge is 2.19. The monoisotopic (exact) mass is 420 g/mol. The molecular weight excluding hydrogens is 396 g/mol. The van der Waals surface area contributed by atoms with Gasteiger partial charge in [-0.2, -0.15) is 0 Å². The van der Waals surface area contributed by atoms with Gasteiger partial charge in [0.25, 0.3) is 0 Å². The quantitative estimate of drug-likeness (QED) is 0.609. The lowest BCUT2D eigenvalue weighted by molar-refractivity contribution is -0.111. The van der Waals surface area contributed by atoms with E-state index in [0.717, 1.165) is 60.6 Å². The fourth-order valence-corrected chi connectivity index (χ4v) is 3.96. The van der Waals surface area contributed by atoms with E-state index in [9.17, 15) is 4.79 Å². The number of aromatic nitrogens is 1. The number of anilines is 2. The lowest BCUT2D eigenvalue weighted by Gasteiger charge is -2.36. The summed E-state index contributed by atoms with van der Waals surface area (Å²) in [6, 6.07) is 15.5. The van der Waals surface area contributed by atoms with Crippen molar-refractivity contribution in [3.8, 4) is 0 Å². The molecule has 2 aromatic carbocycles. The van der Waals surface area contributed by atoms with Gasteiger partial charge in [-0.3, -0.25) is 9.78 Å². The van der Waals surface area contributed by atoms with E-state index >= 15 is 0 Å². The van der Waals surface area contributed by atoms with E-state index < -0.39 is 0 Å². The minimum atomic E-state index is -0.196. The molecule has 4 rings (SSSR count). The number of amides is 1. The first-order valence-corrected chi connectivity index (χ1v) is 10.6. The van der Waals surface area contributed by atoms with Crippen molar-refractivity contribution in [2.24, 2.45) is 0 Å². The van der Waals surface area contributed by atoms with Crippen LogP contribution in [0.5, 0.6) is 0 Å². The number of halogens is 1. The molecule has 1 fully saturated rings. The second-order valence-electron chi connectivity index (χ2n) is 7.33. The first kappa shape index (κ1) is 20.4. The lowest BCUT2D eigenvalue weighted by atomic mass is 10.1. The maximum atomic E-state index is 12.7. The van der Waals surface area contributed by atoms with Crippen LogP contribution >= 0.6 is 11.6 Å². The molecule has 0 unspecified atom stereocenters. The molecule has 0 aliphatic carbocycles. The first-order valence-electron chi connectivity index (χ1n) is 10.2. The number of rotatable bonds is 5. The van der Waals surface area contributed by atoms with Gasteiger partial charge in [-0.15, -0.1) is 0 Å². The van der Waals surface area contributed by atoms with Crippen molar-refractivity contribution in [2.45, 2.75) is 6.92 Å². The molecule has 30 heavy (non-hydrogen) atoms. The number of hydrogen-bond acceptors (Lipinski definition) is 4. The Bertz CT molecular complexity index is 1070. The number of para-hydroxylation sites is 1. The van der Waals surface area contributed by atoms with Crippen LogP contribution in [0.1, 0.15) is 12.5 Å². The zero-order valence-corrected chi connectivity index (χ0v) is 17.8. The van der Waals surface area contributed by atoms with Gasteiger partial charge < -0.3 is 15.1 Å². The smallest absolute Gasteiger partial charge is 0.248 e. The van der Waals surface area contributed by atoms with Crippen LogP contribution in [0.2, 0.25) is 5.02 Å². The van der Waals surface area contributed by atoms with E-state index in [2.05, 4.69) is 27.0 Å². The molecule has 1 saturated heterocycles. The van der Waals surface area contributed by atoms with Crippen LogP contribution in [0.4, 0.5) is 11.4 Å². The fraction of sp³-hybridized carbons (Fsp3) is 0.250. The third-order valence-corrected chi connectivity index (χ3v) is 5.69. The molecule has 5 nitrogen and oxygen atoms in total. The normalized spacial score (nSPS) is 15.1. The molecule has 3 aromatic rings. The summed E-state index contributed by atoms with van der Waals surface area (Å²) >= 11 is 6.22. The van der Waals surface area contributed by atoms with Crippen LogP contribution in [0, 0.1) is 0 Å². The molecule has 0 atom stereocenters. The Kier molecular flexibility index (Phi) is 6.31. The molecule has 0 radical (unpaired) electrons. The largest absolute Gasteiger partial charge is 0.367 e. The number of nitrogens with zero attached hydrogens (tertiary/aromatic N) is 3. The number of fused-ring (bicyclic) bond motifs is 1. The number of nitrogens with one attached hydrogen (secondary N) is 1. The molecule has 1 amide bonds. The number of piperazine rings is 1. The molecule has 2 heterocycles. The molecule has 0 spiro atoms. The fourth-order valence-electron chi connectivity index (χ4n) is 3.79. The predicted octanol–water partition coefficient (Wildman–Crippen LogP) is 4.68. The van der Waals surface area contributed by atoms with Gasteiger partial charge in [-0.05, 0) is 36.9 Å². The highest BCUT2D eigenvalue weighted by Crippen LogP contribution is 2.30. The Morgan fingerprint density at radius 2 is 1.93 bits per heavy atom. The molecule has 154 valence electrons. The number of carbonyl (C=O) groups excluding carboxylic acids is 1. The Hall–Kier alpha value is -2.89. The average Bonchev–Trinajstić information content (AvgIpc) is 2.78. The second kappa shape index (κ2) is 9.28. The molecule has 1 N–H and O–H groups in total. The van der Waals surface area contributed by atoms with Crippen LogP contribution in [-0.2, 0) is 4.79 Å². The molecule has 0 bridgehead atoms. The average molecular weight is 421 g/mol. The van der Waals surface area contributed by atoms with E-state index in [4.69, 9.17) is 11.6 Å². The standard InChI is InChI=1S/C24H25ClN4O/c1-2-28-13-15-29(16-14-28)22-10-9-20(25)17-21(22)27-23(30)11-8-19-6-3-5-18-7-4-12-26-24(18)19/h3-12,17H,2,13-16H2,1H3,(H,27,30)/b11-8+. The first-order chi connectivity index (χ1) is 14.6. The minimum absolute atomic E-state index is 0.196. The summed E-state index contributed by atoms with van der Waals surface area (Å²) in [6.07, 6.45) is 5.11. The summed E-state index contributed by atoms with van der Waals surface area (Å²) in [5.41, 5.74) is 3.52. The molecule has 1 aromatic heterocycles. The summed E-state index contributed by atoms with van der Waals surface area (Å²) in [6.45, 7) is 7.12. The van der Waals surface area contributed by atoms with Crippen molar-refractivity contribution in [1.29, 1.82) is 0 Å². The molecule has 6 heteroatoms. The van der Waals surface area contributed by atoms with Crippen LogP contribution in [0.15, 0.2) is 60.8 Å². The van der Waals surface area contributed by atoms with Crippen molar-refractivity contribution < 1.29 is 4.79 Å². The minimum Gasteiger partial charge on any atom is -0.367 e. The third-order valence-electron chi connectivity index (χ3n) is 5.45. The molecule has 1 aliphatic heterocycles. The van der Waals surface area contributed by atoms with E-state index in [-0.39, 0.29) is 5.91 Å². The van der Waals surface area contributed by atoms with Gasteiger partial charge in [-0.1, -0.05) is 42.8 Å². The number of hydrogen-bond donors (Lipinski definition) is 1. The van der Waals surface area contributed by atoms with Crippen molar-refractivity contribution in [1.82, 2.24) is 9.88 Å². The van der Waals surface area contributed by atoms with Crippen molar-refractivity contribution in [3.63, 3.8) is 0 Å². The summed E-state index contributed by atoms with van der Waals surface area (Å²) in [4.78, 5) is 21.8. The van der Waals surface area contributed by atoms with Gasteiger partial charge in [0, 0.05) is 54.4 Å². The maximum Gasteiger partial charge on any atom is 0.248 e. The van der Waals surface area contributed by atoms with Crippen LogP contribution in [0.25, 0.3) is 17.0 Å². The Labute approximate surface area is 182 Å². The Morgan fingerprint density at radius 3 is 2.73 bits per heavy atom. The zero-order chi connectivity index (χ0) is 20.9. The summed E-state index contributed by atoms with van der Waals surface area (Å²) in [7, 11) is 0. The molecule has 0 saturated carbocycles. The lowest BCUT2D eigenvalue weighted by Crippen LogP contribution is -2.46. The van der Waals surface area contributed by atoms with Gasteiger partial charge in [0.2, 0.25) is 5.91 Å². The molecule has 1 aliphatic rings. The number of benzene rings is 2. The van der Waals surface area contributed by atoms with Gasteiger partial charge in [0.05, 0.1) is 16.9 Å². The van der Waals surface area contributed by atoms with E-state index in [1.54, 1.807) is 18.3 Å². The van der Waals surface area contributed by atoms with E-state index in [1.165, 1.54) is 0 Å². The van der Waals surface area contributed by atoms with Gasteiger partial charge >= 0.3 is 0 Å². The highest BCUT2D eigenvalue weighted by atomic mass is 35.5. The Balaban J connectivity index is 1.52. The van der Waals surface area contributed by atoms with Gasteiger partial charge in [0.1, 0.15) is 0 Å². The van der Waals surface area contributed by atoms with E-state index in [0.29, 0.717) is 5.02 Å². The number of carbonyl (C=O) groups is 1. The second-order valence-corrected chi connectivity index (χ2v) is 7.76. The topological polar surface area (TPSA) is 48.5 Å². The van der Waals surface area contributed by atoms with Crippen LogP contribution in [0.3, 0.4) is 0 Å². The SMILES string of the molecule is CCN1CCN(c2ccc(Cl)cc2NC(=O)/C=C/c2cccc3cccnc23)CC1. The summed E-state index contributed by atoms with van der Waals surface area (Å²) in [5, 5.41) is 4.65. The van der Waals surface area contributed by atoms with Crippen LogP contribution < -0.4 is 10.2 Å². The van der Waals surface area contributed by atoms with Gasteiger partial charge in [0.15, 0.2) is 0 Å². The number of pyridine rings is 1. The third kappa shape index (κ3) is 4.64. The zero-order valence-electron chi connectivity index (χ0n) is 17.0. The number of likely N-dealkylation sites (N-methyl/N-ethyl adjacent to an activating group) is 1. The predicted molar refractivity (Wildman–Crippen MR) is 125 cm³/mol. The van der Waals surface area contributed by atoms with Crippen LogP contribution in [-0.4, -0.2) is 48.5 Å². The highest BCUT2D eigenvalue weighted by molar-refractivity contribution is 6.31.